The van der Waals surface area contributed by atoms with Gasteiger partial charge in [-0.3, -0.25) is 19.9 Å². The van der Waals surface area contributed by atoms with Crippen molar-refractivity contribution < 1.29 is 0 Å². The van der Waals surface area contributed by atoms with Gasteiger partial charge in [-0.25, -0.2) is 15.0 Å². The van der Waals surface area contributed by atoms with E-state index in [4.69, 9.17) is 24.9 Å². The van der Waals surface area contributed by atoms with Gasteiger partial charge in [0.1, 0.15) is 0 Å². The van der Waals surface area contributed by atoms with Gasteiger partial charge in [-0.2, -0.15) is 0 Å². The zero-order chi connectivity index (χ0) is 44.7. The summed E-state index contributed by atoms with van der Waals surface area (Å²) in [4.78, 5) is 35.1. The second-order valence-electron chi connectivity index (χ2n) is 17.4. The van der Waals surface area contributed by atoms with Gasteiger partial charge in [0.15, 0.2) is 17.5 Å². The van der Waals surface area contributed by atoms with Crippen molar-refractivity contribution >= 4 is 86.7 Å². The molecule has 7 nitrogen and oxygen atoms in total. The van der Waals surface area contributed by atoms with E-state index in [1.54, 1.807) is 0 Å². The minimum Gasteiger partial charge on any atom is -0.256 e. The molecule has 0 aliphatic carbocycles. The highest BCUT2D eigenvalue weighted by molar-refractivity contribution is 6.15. The fourth-order valence-electron chi connectivity index (χ4n) is 10.1. The van der Waals surface area contributed by atoms with Gasteiger partial charge >= 0.3 is 0 Å². The summed E-state index contributed by atoms with van der Waals surface area (Å²) in [5.74, 6) is 1.71. The van der Waals surface area contributed by atoms with Crippen molar-refractivity contribution in [3.05, 3.63) is 213 Å². The monoisotopic (exact) mass is 865 g/mol. The summed E-state index contributed by atoms with van der Waals surface area (Å²) >= 11 is 0. The number of nitrogens with zero attached hydrogens (tertiary/aromatic N) is 7. The third-order valence-electron chi connectivity index (χ3n) is 13.3. The molecule has 0 aliphatic rings. The van der Waals surface area contributed by atoms with E-state index in [0.717, 1.165) is 126 Å². The number of rotatable bonds is 5. The zero-order valence-corrected chi connectivity index (χ0v) is 36.3. The molecule has 14 rings (SSSR count). The predicted molar refractivity (Wildman–Crippen MR) is 278 cm³/mol. The Bertz CT molecular complexity index is 4030. The van der Waals surface area contributed by atoms with Gasteiger partial charge in [0.25, 0.3) is 0 Å². The minimum atomic E-state index is 0.559. The number of aromatic nitrogens is 7. The highest BCUT2D eigenvalue weighted by Gasteiger charge is 2.20. The molecule has 68 heavy (non-hydrogen) atoms. The fraction of sp³-hybridized carbons (Fsp3) is 0. The lowest BCUT2D eigenvalue weighted by Gasteiger charge is -2.17. The molecule has 7 heteroatoms. The molecule has 0 N–H and O–H groups in total. The smallest absolute Gasteiger partial charge is 0.164 e. The van der Waals surface area contributed by atoms with Crippen LogP contribution in [0.15, 0.2) is 213 Å². The van der Waals surface area contributed by atoms with Crippen molar-refractivity contribution in [2.45, 2.75) is 0 Å². The largest absolute Gasteiger partial charge is 0.256 e. The van der Waals surface area contributed by atoms with Crippen LogP contribution in [0.2, 0.25) is 0 Å². The second kappa shape index (κ2) is 15.1. The minimum absolute atomic E-state index is 0.559. The summed E-state index contributed by atoms with van der Waals surface area (Å²) in [7, 11) is 0. The summed E-state index contributed by atoms with van der Waals surface area (Å²) in [5, 5.41) is 13.1. The maximum absolute atomic E-state index is 5.42. The molecule has 14 aromatic rings. The van der Waals surface area contributed by atoms with Crippen LogP contribution < -0.4 is 0 Å². The maximum atomic E-state index is 5.42. The van der Waals surface area contributed by atoms with Gasteiger partial charge in [0, 0.05) is 63.0 Å². The van der Waals surface area contributed by atoms with E-state index in [1.165, 1.54) is 0 Å². The Morgan fingerprint density at radius 1 is 0.221 bits per heavy atom. The van der Waals surface area contributed by atoms with Gasteiger partial charge in [-0.15, -0.1) is 0 Å². The molecule has 0 amide bonds. The van der Waals surface area contributed by atoms with Crippen molar-refractivity contribution in [3.63, 3.8) is 0 Å². The summed E-state index contributed by atoms with van der Waals surface area (Å²) in [6.07, 6.45) is 7.40. The molecule has 0 spiro atoms. The average Bonchev–Trinajstić information content (AvgIpc) is 3.39. The van der Waals surface area contributed by atoms with Crippen LogP contribution in [0.5, 0.6) is 0 Å². The molecule has 0 saturated heterocycles. The van der Waals surface area contributed by atoms with Crippen LogP contribution in [-0.4, -0.2) is 34.9 Å². The number of benzene rings is 9. The molecule has 0 radical (unpaired) electrons. The van der Waals surface area contributed by atoms with E-state index in [9.17, 15) is 0 Å². The maximum Gasteiger partial charge on any atom is 0.164 e. The molecule has 9 aromatic carbocycles. The van der Waals surface area contributed by atoms with Gasteiger partial charge in [0.05, 0.1) is 22.1 Å². The van der Waals surface area contributed by atoms with E-state index in [1.807, 2.05) is 49.1 Å². The molecule has 0 unspecified atom stereocenters. The zero-order valence-electron chi connectivity index (χ0n) is 36.3. The van der Waals surface area contributed by atoms with Crippen molar-refractivity contribution in [1.82, 2.24) is 34.9 Å². The normalized spacial score (nSPS) is 11.8. The summed E-state index contributed by atoms with van der Waals surface area (Å²) in [6, 6.07) is 66.3. The Labute approximate surface area is 389 Å². The Morgan fingerprint density at radius 2 is 0.603 bits per heavy atom. The molecular weight excluding hydrogens is 831 g/mol. The fourth-order valence-corrected chi connectivity index (χ4v) is 10.1. The van der Waals surface area contributed by atoms with Crippen LogP contribution in [0.4, 0.5) is 0 Å². The van der Waals surface area contributed by atoms with Crippen LogP contribution in [0, 0.1) is 0 Å². The van der Waals surface area contributed by atoms with Crippen LogP contribution in [0.1, 0.15) is 0 Å². The Hall–Kier alpha value is -9.33. The lowest BCUT2D eigenvalue weighted by molar-refractivity contribution is 1.08. The summed E-state index contributed by atoms with van der Waals surface area (Å²) in [6.45, 7) is 0. The lowest BCUT2D eigenvalue weighted by atomic mass is 9.88. The van der Waals surface area contributed by atoms with Crippen molar-refractivity contribution in [3.8, 4) is 56.4 Å². The number of hydrogen-bond acceptors (Lipinski definition) is 7. The van der Waals surface area contributed by atoms with Crippen molar-refractivity contribution in [2.24, 2.45) is 0 Å². The predicted octanol–water partition coefficient (Wildman–Crippen LogP) is 15.0. The first-order chi connectivity index (χ1) is 33.6. The van der Waals surface area contributed by atoms with E-state index in [-0.39, 0.29) is 0 Å². The molecule has 0 atom stereocenters. The first-order valence-corrected chi connectivity index (χ1v) is 22.7. The van der Waals surface area contributed by atoms with Crippen LogP contribution in [0.25, 0.3) is 143 Å². The van der Waals surface area contributed by atoms with Crippen LogP contribution in [-0.2, 0) is 0 Å². The molecule has 5 heterocycles. The molecule has 5 aromatic heterocycles. The van der Waals surface area contributed by atoms with Crippen LogP contribution >= 0.6 is 0 Å². The highest BCUT2D eigenvalue weighted by atomic mass is 15.0. The topological polar surface area (TPSA) is 90.2 Å². The number of fused-ring (bicyclic) bond motifs is 8. The van der Waals surface area contributed by atoms with Gasteiger partial charge in [-0.05, 0) is 156 Å². The molecule has 0 bridgehead atoms. The first-order valence-electron chi connectivity index (χ1n) is 22.7. The van der Waals surface area contributed by atoms with E-state index < -0.39 is 0 Å². The third kappa shape index (κ3) is 6.32. The van der Waals surface area contributed by atoms with Crippen LogP contribution in [0.3, 0.4) is 0 Å². The van der Waals surface area contributed by atoms with E-state index in [0.29, 0.717) is 17.5 Å². The Balaban J connectivity index is 1.07. The van der Waals surface area contributed by atoms with E-state index in [2.05, 4.69) is 174 Å². The Kier molecular flexibility index (Phi) is 8.45. The molecule has 0 saturated carbocycles. The average molecular weight is 866 g/mol. The summed E-state index contributed by atoms with van der Waals surface area (Å²) in [5.41, 5.74) is 10.6. The number of hydrogen-bond donors (Lipinski definition) is 0. The van der Waals surface area contributed by atoms with Gasteiger partial charge < -0.3 is 0 Å². The quantitative estimate of drug-likeness (QED) is 0.159. The molecule has 314 valence electrons. The molecule has 0 fully saturated rings. The van der Waals surface area contributed by atoms with Gasteiger partial charge in [-0.1, -0.05) is 97.1 Å². The highest BCUT2D eigenvalue weighted by Crippen LogP contribution is 2.43. The number of pyridine rings is 4. The lowest BCUT2D eigenvalue weighted by Crippen LogP contribution is -2.01. The molecule has 0 aliphatic heterocycles. The van der Waals surface area contributed by atoms with Crippen molar-refractivity contribution in [2.75, 3.05) is 0 Å². The third-order valence-corrected chi connectivity index (χ3v) is 13.3. The standard InChI is InChI=1S/C61H35N7/c1-3-13-49-38(9-1)34-55-51(15-7-23-64-55)57(49)46-29-47(58-50-14-4-2-10-39(50)35-56-52(58)16-8-24-65-56)31-48(30-46)61-67-59(42-19-17-36-32-53-40(11-5-21-62-53)25-44(36)27-42)66-60(68-61)43-20-18-37-33-54-41(12-6-22-63-54)26-45(37)28-43/h1-35H. The SMILES string of the molecule is c1cnc2cc3ccc(-c4nc(-c5cc(-c6c7ccccc7cc7ncccc67)cc(-c6c7ccccc7cc7ncccc67)c5)nc(-c5ccc6cc7ncccc7cc6c5)n4)cc3cc2c1. The summed E-state index contributed by atoms with van der Waals surface area (Å²) < 4.78 is 0. The van der Waals surface area contributed by atoms with Gasteiger partial charge in [0.2, 0.25) is 0 Å². The second-order valence-corrected chi connectivity index (χ2v) is 17.4. The van der Waals surface area contributed by atoms with Crippen molar-refractivity contribution in [1.29, 1.82) is 0 Å². The molecular formula is C61H35N7. The Morgan fingerprint density at radius 3 is 1.10 bits per heavy atom. The van der Waals surface area contributed by atoms with E-state index >= 15 is 0 Å². The first kappa shape index (κ1) is 38.0.